The molecule has 0 N–H and O–H groups in total. The maximum atomic E-state index is 2.43. The molecule has 0 aliphatic carbocycles. The predicted octanol–water partition coefficient (Wildman–Crippen LogP) is 4.10. The maximum absolute atomic E-state index is 2.43. The van der Waals surface area contributed by atoms with Gasteiger partial charge in [0.05, 0.1) is 0 Å². The zero-order chi connectivity index (χ0) is 8.91. The zero-order valence-corrected chi connectivity index (χ0v) is 10.1. The molecule has 11 heavy (non-hydrogen) atoms. The molecule has 0 aromatic rings. The Hall–Kier alpha value is 0.532. The molecule has 0 saturated heterocycles. The summed E-state index contributed by atoms with van der Waals surface area (Å²) in [5.74, 6) is 0. The van der Waals surface area contributed by atoms with Crippen LogP contribution < -0.4 is 0 Å². The van der Waals surface area contributed by atoms with E-state index in [1.165, 1.54) is 23.4 Å². The normalized spacial score (nSPS) is 11.7. The minimum atomic E-state index is -0.422. The number of hydrogen-bond donors (Lipinski definition) is 0. The van der Waals surface area contributed by atoms with Crippen LogP contribution in [0.25, 0.3) is 0 Å². The summed E-state index contributed by atoms with van der Waals surface area (Å²) in [6.45, 7) is 11.9. The summed E-state index contributed by atoms with van der Waals surface area (Å²) in [5.41, 5.74) is 0. The average Bonchev–Trinajstić information content (AvgIpc) is 1.85. The predicted molar refractivity (Wildman–Crippen MR) is 55.7 cm³/mol. The van der Waals surface area contributed by atoms with Crippen LogP contribution in [-0.4, -0.2) is 14.1 Å². The smallest absolute Gasteiger partial charge is 0.0938 e. The average molecular weight is 170 g/mol. The van der Waals surface area contributed by atoms with Crippen molar-refractivity contribution in [1.82, 2.24) is 0 Å². The van der Waals surface area contributed by atoms with Crippen LogP contribution in [0.15, 0.2) is 0 Å². The van der Waals surface area contributed by atoms with Crippen molar-refractivity contribution in [3.63, 3.8) is 0 Å². The molecule has 0 spiro atoms. The van der Waals surface area contributed by atoms with Crippen molar-refractivity contribution in [2.45, 2.75) is 62.3 Å². The van der Waals surface area contributed by atoms with Gasteiger partial charge in [0.1, 0.15) is 0 Å². The summed E-state index contributed by atoms with van der Waals surface area (Å²) in [7, 11) is 0. The third-order valence-corrected chi connectivity index (χ3v) is 7.50. The van der Waals surface area contributed by atoms with E-state index in [0.717, 1.165) is 0 Å². The first-order valence-electron chi connectivity index (χ1n) is 5.02. The highest BCUT2D eigenvalue weighted by Crippen LogP contribution is 2.32. The van der Waals surface area contributed by atoms with E-state index >= 15 is 0 Å². The molecule has 0 aromatic heterocycles. The first kappa shape index (κ1) is 11.5. The summed E-state index contributed by atoms with van der Waals surface area (Å²) >= 11 is -0.422. The van der Waals surface area contributed by atoms with Gasteiger partial charge in [-0.1, -0.05) is 62.3 Å². The van der Waals surface area contributed by atoms with Crippen molar-refractivity contribution < 1.29 is 0 Å². The lowest BCUT2D eigenvalue weighted by Gasteiger charge is -2.25. The first-order chi connectivity index (χ1) is 5.02. The van der Waals surface area contributed by atoms with Crippen LogP contribution >= 0.6 is 0 Å². The van der Waals surface area contributed by atoms with Gasteiger partial charge in [0.2, 0.25) is 0 Å². The fourth-order valence-corrected chi connectivity index (χ4v) is 5.12. The van der Waals surface area contributed by atoms with E-state index in [2.05, 4.69) is 34.6 Å². The minimum absolute atomic E-state index is 0.422. The van der Waals surface area contributed by atoms with Crippen molar-refractivity contribution in [3.05, 3.63) is 0 Å². The Balaban J connectivity index is 3.88. The van der Waals surface area contributed by atoms with Crippen molar-refractivity contribution in [2.24, 2.45) is 0 Å². The van der Waals surface area contributed by atoms with Crippen LogP contribution in [0.4, 0.5) is 0 Å². The Morgan fingerprint density at radius 3 is 1.45 bits per heavy atom. The van der Waals surface area contributed by atoms with Crippen molar-refractivity contribution in [2.75, 3.05) is 0 Å². The lowest BCUT2D eigenvalue weighted by molar-refractivity contribution is 0.716. The van der Waals surface area contributed by atoms with Gasteiger partial charge in [-0.05, 0) is 0 Å². The molecule has 0 aliphatic heterocycles. The molecule has 1 heteroatoms. The molecule has 0 unspecified atom stereocenters. The quantitative estimate of drug-likeness (QED) is 0.557. The highest BCUT2D eigenvalue weighted by atomic mass is 27.2. The summed E-state index contributed by atoms with van der Waals surface area (Å²) in [6.07, 6.45) is 2.79. The highest BCUT2D eigenvalue weighted by Gasteiger charge is 2.28. The Kier molecular flexibility index (Phi) is 5.48. The number of rotatable bonds is 4. The second-order valence-electron chi connectivity index (χ2n) is 4.64. The fraction of sp³-hybridized carbons (Fsp3) is 1.00. The molecule has 0 heterocycles. The topological polar surface area (TPSA) is 0 Å². The maximum Gasteiger partial charge on any atom is 0.268 e. The largest absolute Gasteiger partial charge is 0.268 e. The molecule has 0 radical (unpaired) electrons. The lowest BCUT2D eigenvalue weighted by Crippen LogP contribution is -2.24. The van der Waals surface area contributed by atoms with Crippen LogP contribution in [0.3, 0.4) is 0 Å². The van der Waals surface area contributed by atoms with Gasteiger partial charge in [0.15, 0.2) is 0 Å². The van der Waals surface area contributed by atoms with E-state index in [1.807, 2.05) is 0 Å². The van der Waals surface area contributed by atoms with Crippen LogP contribution in [0, 0.1) is 0 Å². The molecule has 0 fully saturated rings. The summed E-state index contributed by atoms with van der Waals surface area (Å²) < 4.78 is 0.659. The molecule has 0 rings (SSSR count). The Morgan fingerprint density at radius 2 is 1.27 bits per heavy atom. The van der Waals surface area contributed by atoms with Crippen LogP contribution in [-0.2, 0) is 0 Å². The third-order valence-electron chi connectivity index (χ3n) is 2.50. The SMILES string of the molecule is CC[CH2][Al]([CH2]CC)[C](C)(C)C. The summed E-state index contributed by atoms with van der Waals surface area (Å²) in [6, 6.07) is 0. The Labute approximate surface area is 76.8 Å². The van der Waals surface area contributed by atoms with E-state index in [-0.39, 0.29) is 0 Å². The second kappa shape index (κ2) is 5.23. The molecule has 0 aliphatic rings. The van der Waals surface area contributed by atoms with Crippen molar-refractivity contribution in [1.29, 1.82) is 0 Å². The fourth-order valence-electron chi connectivity index (χ4n) is 1.71. The minimum Gasteiger partial charge on any atom is -0.0938 e. The lowest BCUT2D eigenvalue weighted by atomic mass is 10.2. The van der Waals surface area contributed by atoms with E-state index in [0.29, 0.717) is 4.28 Å². The molecule has 0 aromatic carbocycles. The summed E-state index contributed by atoms with van der Waals surface area (Å²) in [5, 5.41) is 3.08. The van der Waals surface area contributed by atoms with E-state index in [4.69, 9.17) is 0 Å². The van der Waals surface area contributed by atoms with Crippen molar-refractivity contribution in [3.8, 4) is 0 Å². The van der Waals surface area contributed by atoms with Crippen LogP contribution in [0.2, 0.25) is 14.8 Å². The second-order valence-corrected chi connectivity index (χ2v) is 8.92. The molecule has 0 saturated carbocycles. The monoisotopic (exact) mass is 170 g/mol. The Morgan fingerprint density at radius 1 is 0.909 bits per heavy atom. The molecule has 0 bridgehead atoms. The van der Waals surface area contributed by atoms with Gasteiger partial charge in [-0.15, -0.1) is 0 Å². The van der Waals surface area contributed by atoms with Gasteiger partial charge in [-0.25, -0.2) is 0 Å². The number of hydrogen-bond acceptors (Lipinski definition) is 0. The van der Waals surface area contributed by atoms with Crippen molar-refractivity contribution >= 4 is 14.1 Å². The van der Waals surface area contributed by atoms with Gasteiger partial charge in [-0.2, -0.15) is 0 Å². The third kappa shape index (κ3) is 4.88. The molecular formula is C10H23Al. The standard InChI is InChI=1S/C4H9.2C3H7.Al/c1-4(2)3;2*1-3-2;/h1-3H3;2*1,3H2,2H3;. The van der Waals surface area contributed by atoms with Gasteiger partial charge < -0.3 is 0 Å². The summed E-state index contributed by atoms with van der Waals surface area (Å²) in [4.78, 5) is 0. The van der Waals surface area contributed by atoms with Gasteiger partial charge in [0, 0.05) is 0 Å². The van der Waals surface area contributed by atoms with E-state index in [1.54, 1.807) is 0 Å². The van der Waals surface area contributed by atoms with Gasteiger partial charge in [0.25, 0.3) is 14.1 Å². The zero-order valence-electron chi connectivity index (χ0n) is 8.91. The molecule has 0 amide bonds. The van der Waals surface area contributed by atoms with Gasteiger partial charge in [-0.3, -0.25) is 0 Å². The molecule has 0 nitrogen and oxygen atoms in total. The van der Waals surface area contributed by atoms with Gasteiger partial charge >= 0.3 is 0 Å². The first-order valence-corrected chi connectivity index (χ1v) is 7.23. The van der Waals surface area contributed by atoms with E-state index < -0.39 is 14.1 Å². The van der Waals surface area contributed by atoms with E-state index in [9.17, 15) is 0 Å². The highest BCUT2D eigenvalue weighted by molar-refractivity contribution is 6.62. The molecule has 66 valence electrons. The van der Waals surface area contributed by atoms with Crippen LogP contribution in [0.5, 0.6) is 0 Å². The Bertz CT molecular complexity index is 85.5. The molecule has 0 atom stereocenters. The molecular weight excluding hydrogens is 147 g/mol. The van der Waals surface area contributed by atoms with Crippen LogP contribution in [0.1, 0.15) is 47.5 Å².